The average molecular weight is 213 g/mol. The number of hydrogen-bond acceptors (Lipinski definition) is 3. The Morgan fingerprint density at radius 1 is 1.60 bits per heavy atom. The zero-order valence-electron chi connectivity index (χ0n) is 10.1. The number of carbonyl (C=O) groups is 1. The molecular formula is C11H23N3O. The van der Waals surface area contributed by atoms with Crippen molar-refractivity contribution in [1.29, 1.82) is 0 Å². The van der Waals surface area contributed by atoms with Crippen molar-refractivity contribution >= 4 is 5.91 Å². The molecule has 1 amide bonds. The van der Waals surface area contributed by atoms with Crippen LogP contribution in [0.5, 0.6) is 0 Å². The third-order valence-corrected chi connectivity index (χ3v) is 3.07. The number of likely N-dealkylation sites (N-methyl/N-ethyl adjacent to an activating group) is 1. The lowest BCUT2D eigenvalue weighted by molar-refractivity contribution is -0.130. The number of amides is 1. The zero-order chi connectivity index (χ0) is 11.4. The van der Waals surface area contributed by atoms with Crippen molar-refractivity contribution in [3.63, 3.8) is 0 Å². The van der Waals surface area contributed by atoms with Crippen LogP contribution in [-0.2, 0) is 4.79 Å². The van der Waals surface area contributed by atoms with Crippen molar-refractivity contribution in [2.45, 2.75) is 25.3 Å². The molecule has 0 aliphatic carbocycles. The van der Waals surface area contributed by atoms with Gasteiger partial charge in [-0.05, 0) is 38.8 Å². The maximum Gasteiger partial charge on any atom is 0.238 e. The molecule has 0 aromatic carbocycles. The molecule has 1 saturated heterocycles. The largest absolute Gasteiger partial charge is 0.347 e. The van der Waals surface area contributed by atoms with Crippen LogP contribution in [0.1, 0.15) is 19.3 Å². The van der Waals surface area contributed by atoms with Crippen LogP contribution in [-0.4, -0.2) is 56.0 Å². The summed E-state index contributed by atoms with van der Waals surface area (Å²) in [7, 11) is 5.65. The Balaban J connectivity index is 2.36. The molecule has 1 aliphatic rings. The van der Waals surface area contributed by atoms with E-state index in [0.717, 1.165) is 13.0 Å². The van der Waals surface area contributed by atoms with E-state index in [0.29, 0.717) is 5.92 Å². The molecule has 0 bridgehead atoms. The number of rotatable bonds is 3. The molecule has 0 aromatic rings. The first kappa shape index (κ1) is 12.5. The van der Waals surface area contributed by atoms with Crippen LogP contribution < -0.4 is 5.73 Å². The van der Waals surface area contributed by atoms with Crippen LogP contribution in [0, 0.1) is 5.92 Å². The first-order chi connectivity index (χ1) is 7.00. The Kier molecular flexibility index (Phi) is 4.54. The second-order valence-electron chi connectivity index (χ2n) is 4.85. The smallest absolute Gasteiger partial charge is 0.238 e. The standard InChI is InChI=1S/C11H23N3O/c1-13(2)11(15)10(12)7-9-5-4-6-14(3)8-9/h9-10H,4-8,12H2,1-3H3. The van der Waals surface area contributed by atoms with Gasteiger partial charge in [0.1, 0.15) is 0 Å². The summed E-state index contributed by atoms with van der Waals surface area (Å²) in [6.07, 6.45) is 3.25. The van der Waals surface area contributed by atoms with E-state index in [4.69, 9.17) is 5.73 Å². The van der Waals surface area contributed by atoms with Crippen LogP contribution in [0.4, 0.5) is 0 Å². The normalized spacial score (nSPS) is 24.9. The molecule has 15 heavy (non-hydrogen) atoms. The van der Waals surface area contributed by atoms with Crippen LogP contribution in [0.15, 0.2) is 0 Å². The molecule has 2 unspecified atom stereocenters. The van der Waals surface area contributed by atoms with E-state index in [1.807, 2.05) is 0 Å². The topological polar surface area (TPSA) is 49.6 Å². The Hall–Kier alpha value is -0.610. The van der Waals surface area contributed by atoms with E-state index in [9.17, 15) is 4.79 Å². The quantitative estimate of drug-likeness (QED) is 0.725. The molecular weight excluding hydrogens is 190 g/mol. The molecule has 88 valence electrons. The SMILES string of the molecule is CN1CCCC(CC(N)C(=O)N(C)C)C1. The highest BCUT2D eigenvalue weighted by Gasteiger charge is 2.23. The summed E-state index contributed by atoms with van der Waals surface area (Å²) in [6.45, 7) is 2.25. The highest BCUT2D eigenvalue weighted by atomic mass is 16.2. The van der Waals surface area contributed by atoms with Crippen molar-refractivity contribution in [3.8, 4) is 0 Å². The minimum absolute atomic E-state index is 0.0447. The fourth-order valence-electron chi connectivity index (χ4n) is 2.26. The fourth-order valence-corrected chi connectivity index (χ4v) is 2.26. The van der Waals surface area contributed by atoms with Gasteiger partial charge in [-0.15, -0.1) is 0 Å². The van der Waals surface area contributed by atoms with Gasteiger partial charge < -0.3 is 15.5 Å². The Labute approximate surface area is 92.4 Å². The van der Waals surface area contributed by atoms with Crippen LogP contribution >= 0.6 is 0 Å². The lowest BCUT2D eigenvalue weighted by atomic mass is 9.91. The van der Waals surface area contributed by atoms with Gasteiger partial charge in [0.25, 0.3) is 0 Å². The minimum Gasteiger partial charge on any atom is -0.347 e. The van der Waals surface area contributed by atoms with Crippen molar-refractivity contribution in [2.75, 3.05) is 34.2 Å². The van der Waals surface area contributed by atoms with Crippen LogP contribution in [0.25, 0.3) is 0 Å². The van der Waals surface area contributed by atoms with Gasteiger partial charge in [-0.1, -0.05) is 0 Å². The summed E-state index contributed by atoms with van der Waals surface area (Å²) < 4.78 is 0. The summed E-state index contributed by atoms with van der Waals surface area (Å²) in [4.78, 5) is 15.5. The molecule has 0 spiro atoms. The molecule has 0 radical (unpaired) electrons. The molecule has 1 rings (SSSR count). The summed E-state index contributed by atoms with van der Waals surface area (Å²) in [5.74, 6) is 0.630. The molecule has 0 aromatic heterocycles. The maximum atomic E-state index is 11.6. The molecule has 1 aliphatic heterocycles. The van der Waals surface area contributed by atoms with Gasteiger partial charge in [0.2, 0.25) is 5.91 Å². The molecule has 2 atom stereocenters. The van der Waals surface area contributed by atoms with Crippen LogP contribution in [0.3, 0.4) is 0 Å². The van der Waals surface area contributed by atoms with Gasteiger partial charge >= 0.3 is 0 Å². The lowest BCUT2D eigenvalue weighted by Gasteiger charge is -2.31. The first-order valence-electron chi connectivity index (χ1n) is 5.66. The molecule has 0 saturated carbocycles. The van der Waals surface area contributed by atoms with Crippen molar-refractivity contribution in [1.82, 2.24) is 9.80 Å². The Morgan fingerprint density at radius 2 is 2.27 bits per heavy atom. The van der Waals surface area contributed by atoms with E-state index in [1.165, 1.54) is 19.4 Å². The number of likely N-dealkylation sites (tertiary alicyclic amines) is 1. The van der Waals surface area contributed by atoms with Gasteiger partial charge in [-0.3, -0.25) is 4.79 Å². The first-order valence-corrected chi connectivity index (χ1v) is 5.66. The number of piperidine rings is 1. The maximum absolute atomic E-state index is 11.6. The molecule has 1 heterocycles. The third-order valence-electron chi connectivity index (χ3n) is 3.07. The third kappa shape index (κ3) is 3.80. The Bertz CT molecular complexity index is 218. The molecule has 2 N–H and O–H groups in total. The van der Waals surface area contributed by atoms with E-state index in [1.54, 1.807) is 19.0 Å². The van der Waals surface area contributed by atoms with Crippen molar-refractivity contribution in [2.24, 2.45) is 11.7 Å². The second-order valence-corrected chi connectivity index (χ2v) is 4.85. The molecule has 4 heteroatoms. The van der Waals surface area contributed by atoms with Crippen molar-refractivity contribution < 1.29 is 4.79 Å². The zero-order valence-corrected chi connectivity index (χ0v) is 10.1. The van der Waals surface area contributed by atoms with Gasteiger partial charge in [0, 0.05) is 20.6 Å². The van der Waals surface area contributed by atoms with Gasteiger partial charge in [-0.25, -0.2) is 0 Å². The number of carbonyl (C=O) groups excluding carboxylic acids is 1. The summed E-state index contributed by atoms with van der Waals surface area (Å²) in [6, 6.07) is -0.323. The predicted molar refractivity (Wildman–Crippen MR) is 61.5 cm³/mol. The summed E-state index contributed by atoms with van der Waals surface area (Å²) in [5.41, 5.74) is 5.88. The fraction of sp³-hybridized carbons (Fsp3) is 0.909. The summed E-state index contributed by atoms with van der Waals surface area (Å²) >= 11 is 0. The van der Waals surface area contributed by atoms with Crippen molar-refractivity contribution in [3.05, 3.63) is 0 Å². The lowest BCUT2D eigenvalue weighted by Crippen LogP contribution is -2.43. The van der Waals surface area contributed by atoms with E-state index >= 15 is 0 Å². The second kappa shape index (κ2) is 5.47. The average Bonchev–Trinajstić information content (AvgIpc) is 2.16. The van der Waals surface area contributed by atoms with E-state index in [-0.39, 0.29) is 11.9 Å². The molecule has 4 nitrogen and oxygen atoms in total. The monoisotopic (exact) mass is 213 g/mol. The molecule has 1 fully saturated rings. The summed E-state index contributed by atoms with van der Waals surface area (Å²) in [5, 5.41) is 0. The van der Waals surface area contributed by atoms with Gasteiger partial charge in [-0.2, -0.15) is 0 Å². The number of hydrogen-bond donors (Lipinski definition) is 1. The highest BCUT2D eigenvalue weighted by molar-refractivity contribution is 5.81. The number of nitrogens with two attached hydrogens (primary N) is 1. The van der Waals surface area contributed by atoms with E-state index in [2.05, 4.69) is 11.9 Å². The van der Waals surface area contributed by atoms with Gasteiger partial charge in [0.15, 0.2) is 0 Å². The Morgan fingerprint density at radius 3 is 2.80 bits per heavy atom. The number of nitrogens with zero attached hydrogens (tertiary/aromatic N) is 2. The highest BCUT2D eigenvalue weighted by Crippen LogP contribution is 2.19. The van der Waals surface area contributed by atoms with Gasteiger partial charge in [0.05, 0.1) is 6.04 Å². The van der Waals surface area contributed by atoms with Crippen LogP contribution in [0.2, 0.25) is 0 Å². The minimum atomic E-state index is -0.323. The van der Waals surface area contributed by atoms with E-state index < -0.39 is 0 Å². The predicted octanol–water partition coefficient (Wildman–Crippen LogP) is 0.134.